The minimum Gasteiger partial charge on any atom is -0.312 e. The van der Waals surface area contributed by atoms with Crippen LogP contribution < -0.4 is 5.32 Å². The lowest BCUT2D eigenvalue weighted by molar-refractivity contribution is 0.0812. The molecule has 122 valence electrons. The fourth-order valence-electron chi connectivity index (χ4n) is 4.87. The van der Waals surface area contributed by atoms with Crippen molar-refractivity contribution in [1.82, 2.24) is 10.2 Å². The molecule has 3 aliphatic rings. The molecule has 1 aliphatic heterocycles. The van der Waals surface area contributed by atoms with Crippen LogP contribution in [0.4, 0.5) is 0 Å². The Balaban J connectivity index is 1.52. The van der Waals surface area contributed by atoms with Crippen molar-refractivity contribution >= 4 is 0 Å². The zero-order valence-electron chi connectivity index (χ0n) is 14.3. The minimum absolute atomic E-state index is 0.761. The molecule has 21 heavy (non-hydrogen) atoms. The molecule has 2 nitrogen and oxygen atoms in total. The van der Waals surface area contributed by atoms with Crippen LogP contribution in [0.5, 0.6) is 0 Å². The molecule has 3 fully saturated rings. The Labute approximate surface area is 132 Å². The SMILES string of the molecule is CCC1CC(NCC2CCCC2)CN(C(CC)C2CC2)C1. The third-order valence-corrected chi connectivity index (χ3v) is 6.37. The van der Waals surface area contributed by atoms with Crippen LogP contribution in [0.1, 0.15) is 71.6 Å². The van der Waals surface area contributed by atoms with Gasteiger partial charge in [0.05, 0.1) is 0 Å². The van der Waals surface area contributed by atoms with Gasteiger partial charge in [0.1, 0.15) is 0 Å². The number of piperidine rings is 1. The fourth-order valence-corrected chi connectivity index (χ4v) is 4.87. The molecule has 1 saturated heterocycles. The zero-order chi connectivity index (χ0) is 14.7. The van der Waals surface area contributed by atoms with Crippen LogP contribution in [0.25, 0.3) is 0 Å². The zero-order valence-corrected chi connectivity index (χ0v) is 14.3. The van der Waals surface area contributed by atoms with E-state index in [9.17, 15) is 0 Å². The summed E-state index contributed by atoms with van der Waals surface area (Å²) in [5, 5.41) is 3.95. The minimum atomic E-state index is 0.761. The number of rotatable bonds is 7. The van der Waals surface area contributed by atoms with Gasteiger partial charge in [0.25, 0.3) is 0 Å². The predicted molar refractivity (Wildman–Crippen MR) is 90.5 cm³/mol. The summed E-state index contributed by atoms with van der Waals surface area (Å²) in [6, 6.07) is 1.65. The maximum atomic E-state index is 3.95. The number of hydrogen-bond donors (Lipinski definition) is 1. The summed E-state index contributed by atoms with van der Waals surface area (Å²) >= 11 is 0. The Hall–Kier alpha value is -0.0800. The Morgan fingerprint density at radius 2 is 1.76 bits per heavy atom. The summed E-state index contributed by atoms with van der Waals surface area (Å²) in [5.74, 6) is 2.93. The third-order valence-electron chi connectivity index (χ3n) is 6.37. The van der Waals surface area contributed by atoms with Crippen LogP contribution in [0.15, 0.2) is 0 Å². The second-order valence-electron chi connectivity index (χ2n) is 8.03. The van der Waals surface area contributed by atoms with Gasteiger partial charge >= 0.3 is 0 Å². The standard InChI is InChI=1S/C19H36N2/c1-3-15-11-18(20-12-16-7-5-6-8-16)14-21(13-15)19(4-2)17-9-10-17/h15-20H,3-14H2,1-2H3. The highest BCUT2D eigenvalue weighted by molar-refractivity contribution is 4.93. The molecule has 0 spiro atoms. The maximum absolute atomic E-state index is 3.95. The van der Waals surface area contributed by atoms with Gasteiger partial charge in [-0.3, -0.25) is 4.90 Å². The average molecular weight is 293 g/mol. The van der Waals surface area contributed by atoms with Crippen molar-refractivity contribution in [2.24, 2.45) is 17.8 Å². The number of nitrogens with one attached hydrogen (secondary N) is 1. The molecule has 0 bridgehead atoms. The molecule has 3 unspecified atom stereocenters. The molecule has 2 aliphatic carbocycles. The van der Waals surface area contributed by atoms with Gasteiger partial charge in [0.2, 0.25) is 0 Å². The monoisotopic (exact) mass is 292 g/mol. The van der Waals surface area contributed by atoms with E-state index >= 15 is 0 Å². The summed E-state index contributed by atoms with van der Waals surface area (Å²) < 4.78 is 0. The molecular formula is C19H36N2. The van der Waals surface area contributed by atoms with E-state index in [1.54, 1.807) is 0 Å². The Bertz CT molecular complexity index is 307. The number of hydrogen-bond acceptors (Lipinski definition) is 2. The molecule has 1 N–H and O–H groups in total. The Morgan fingerprint density at radius 1 is 1.00 bits per heavy atom. The average Bonchev–Trinajstić information content (AvgIpc) is 3.20. The van der Waals surface area contributed by atoms with Crippen molar-refractivity contribution in [3.63, 3.8) is 0 Å². The van der Waals surface area contributed by atoms with Gasteiger partial charge in [0, 0.05) is 25.2 Å². The summed E-state index contributed by atoms with van der Waals surface area (Å²) in [6.07, 6.45) is 13.0. The molecule has 0 aromatic heterocycles. The fraction of sp³-hybridized carbons (Fsp3) is 1.00. The first-order chi connectivity index (χ1) is 10.3. The van der Waals surface area contributed by atoms with Gasteiger partial charge in [-0.25, -0.2) is 0 Å². The molecule has 2 heteroatoms. The molecule has 0 aromatic carbocycles. The second-order valence-corrected chi connectivity index (χ2v) is 8.03. The van der Waals surface area contributed by atoms with Crippen molar-refractivity contribution in [2.75, 3.05) is 19.6 Å². The van der Waals surface area contributed by atoms with E-state index in [1.807, 2.05) is 0 Å². The largest absolute Gasteiger partial charge is 0.312 e. The van der Waals surface area contributed by atoms with E-state index in [-0.39, 0.29) is 0 Å². The molecule has 0 amide bonds. The van der Waals surface area contributed by atoms with E-state index < -0.39 is 0 Å². The summed E-state index contributed by atoms with van der Waals surface area (Å²) in [4.78, 5) is 2.86. The first-order valence-electron chi connectivity index (χ1n) is 9.77. The van der Waals surface area contributed by atoms with Crippen molar-refractivity contribution < 1.29 is 0 Å². The van der Waals surface area contributed by atoms with E-state index in [4.69, 9.17) is 0 Å². The summed E-state index contributed by atoms with van der Waals surface area (Å²) in [5.41, 5.74) is 0. The predicted octanol–water partition coefficient (Wildman–Crippen LogP) is 4.06. The first kappa shape index (κ1) is 15.8. The van der Waals surface area contributed by atoms with Crippen molar-refractivity contribution in [3.8, 4) is 0 Å². The van der Waals surface area contributed by atoms with Gasteiger partial charge in [-0.2, -0.15) is 0 Å². The highest BCUT2D eigenvalue weighted by atomic mass is 15.2. The van der Waals surface area contributed by atoms with E-state index in [2.05, 4.69) is 24.1 Å². The third kappa shape index (κ3) is 4.22. The number of nitrogens with zero attached hydrogens (tertiary/aromatic N) is 1. The van der Waals surface area contributed by atoms with Gasteiger partial charge in [-0.15, -0.1) is 0 Å². The first-order valence-corrected chi connectivity index (χ1v) is 9.77. The summed E-state index contributed by atoms with van der Waals surface area (Å²) in [6.45, 7) is 8.76. The van der Waals surface area contributed by atoms with Gasteiger partial charge < -0.3 is 5.32 Å². The topological polar surface area (TPSA) is 15.3 Å². The van der Waals surface area contributed by atoms with Crippen molar-refractivity contribution in [3.05, 3.63) is 0 Å². The van der Waals surface area contributed by atoms with Crippen LogP contribution in [-0.2, 0) is 0 Å². The molecule has 2 saturated carbocycles. The highest BCUT2D eigenvalue weighted by Gasteiger charge is 2.37. The van der Waals surface area contributed by atoms with Crippen LogP contribution in [-0.4, -0.2) is 36.6 Å². The van der Waals surface area contributed by atoms with E-state index in [1.165, 1.54) is 77.4 Å². The normalized spacial score (nSPS) is 33.4. The van der Waals surface area contributed by atoms with Gasteiger partial charge in [-0.1, -0.05) is 33.1 Å². The molecule has 1 heterocycles. The van der Waals surface area contributed by atoms with Gasteiger partial charge in [-0.05, 0) is 62.8 Å². The van der Waals surface area contributed by atoms with Crippen molar-refractivity contribution in [2.45, 2.75) is 83.7 Å². The van der Waals surface area contributed by atoms with Crippen LogP contribution in [0.3, 0.4) is 0 Å². The second kappa shape index (κ2) is 7.46. The maximum Gasteiger partial charge on any atom is 0.0198 e. The number of likely N-dealkylation sites (tertiary alicyclic amines) is 1. The van der Waals surface area contributed by atoms with Crippen LogP contribution in [0, 0.1) is 17.8 Å². The van der Waals surface area contributed by atoms with E-state index in [0.717, 1.165) is 29.8 Å². The summed E-state index contributed by atoms with van der Waals surface area (Å²) in [7, 11) is 0. The van der Waals surface area contributed by atoms with Crippen LogP contribution >= 0.6 is 0 Å². The van der Waals surface area contributed by atoms with Crippen molar-refractivity contribution in [1.29, 1.82) is 0 Å². The molecule has 3 atom stereocenters. The molecular weight excluding hydrogens is 256 g/mol. The van der Waals surface area contributed by atoms with E-state index in [0.29, 0.717) is 0 Å². The van der Waals surface area contributed by atoms with Crippen LogP contribution in [0.2, 0.25) is 0 Å². The lowest BCUT2D eigenvalue weighted by atomic mass is 9.89. The molecule has 0 radical (unpaired) electrons. The smallest absolute Gasteiger partial charge is 0.0198 e. The molecule has 3 rings (SSSR count). The Morgan fingerprint density at radius 3 is 2.38 bits per heavy atom. The lowest BCUT2D eigenvalue weighted by Gasteiger charge is -2.42. The quantitative estimate of drug-likeness (QED) is 0.761. The lowest BCUT2D eigenvalue weighted by Crippen LogP contribution is -2.53. The Kier molecular flexibility index (Phi) is 5.61. The molecule has 0 aromatic rings. The highest BCUT2D eigenvalue weighted by Crippen LogP contribution is 2.38. The van der Waals surface area contributed by atoms with Gasteiger partial charge in [0.15, 0.2) is 0 Å².